The van der Waals surface area contributed by atoms with Gasteiger partial charge in [-0.3, -0.25) is 19.3 Å². The molecule has 0 aliphatic carbocycles. The first-order valence-electron chi connectivity index (χ1n) is 7.71. The van der Waals surface area contributed by atoms with Gasteiger partial charge in [-0.2, -0.15) is 0 Å². The molecule has 1 aromatic carbocycles. The molecule has 1 aromatic rings. The van der Waals surface area contributed by atoms with Crippen molar-refractivity contribution in [2.75, 3.05) is 36.9 Å². The van der Waals surface area contributed by atoms with Crippen molar-refractivity contribution in [1.29, 1.82) is 0 Å². The van der Waals surface area contributed by atoms with E-state index in [0.29, 0.717) is 18.7 Å². The minimum absolute atomic E-state index is 0.00925. The average molecular weight is 330 g/mol. The molecule has 0 radical (unpaired) electrons. The Balaban J connectivity index is 1.60. The van der Waals surface area contributed by atoms with Crippen LogP contribution in [-0.4, -0.2) is 60.2 Å². The van der Waals surface area contributed by atoms with Crippen LogP contribution >= 0.6 is 0 Å². The second kappa shape index (κ2) is 6.31. The van der Waals surface area contributed by atoms with E-state index in [-0.39, 0.29) is 24.9 Å². The first-order valence-corrected chi connectivity index (χ1v) is 7.71. The van der Waals surface area contributed by atoms with Gasteiger partial charge in [-0.15, -0.1) is 0 Å². The molecule has 0 aromatic heterocycles. The van der Waals surface area contributed by atoms with Crippen LogP contribution in [0.5, 0.6) is 0 Å². The minimum atomic E-state index is -0.474. The van der Waals surface area contributed by atoms with Crippen molar-refractivity contribution in [2.45, 2.75) is 12.8 Å². The van der Waals surface area contributed by atoms with E-state index in [2.05, 4.69) is 5.32 Å². The molecule has 0 spiro atoms. The molecule has 126 valence electrons. The van der Waals surface area contributed by atoms with Crippen LogP contribution in [0.4, 0.5) is 16.2 Å². The molecular formula is C16H18N4O4. The average Bonchev–Trinajstić information content (AvgIpc) is 3.07. The SMILES string of the molecule is CN1CC(=O)N(CC(=O)Nc2ccc(N3CCCC3=O)cc2)C1=O. The van der Waals surface area contributed by atoms with Crippen molar-refractivity contribution >= 4 is 35.1 Å². The fraction of sp³-hybridized carbons (Fsp3) is 0.375. The predicted octanol–water partition coefficient (Wildman–Crippen LogP) is 0.646. The highest BCUT2D eigenvalue weighted by Gasteiger charge is 2.34. The van der Waals surface area contributed by atoms with Crippen LogP contribution in [0.15, 0.2) is 24.3 Å². The van der Waals surface area contributed by atoms with Crippen LogP contribution in [0.1, 0.15) is 12.8 Å². The first-order chi connectivity index (χ1) is 11.5. The van der Waals surface area contributed by atoms with Crippen molar-refractivity contribution in [1.82, 2.24) is 9.80 Å². The van der Waals surface area contributed by atoms with Crippen LogP contribution in [0, 0.1) is 0 Å². The molecule has 0 atom stereocenters. The Labute approximate surface area is 139 Å². The van der Waals surface area contributed by atoms with E-state index in [1.54, 1.807) is 29.2 Å². The molecule has 2 heterocycles. The van der Waals surface area contributed by atoms with Gasteiger partial charge in [0.2, 0.25) is 11.8 Å². The van der Waals surface area contributed by atoms with Crippen LogP contribution < -0.4 is 10.2 Å². The summed E-state index contributed by atoms with van der Waals surface area (Å²) in [5.74, 6) is -0.737. The van der Waals surface area contributed by atoms with Gasteiger partial charge in [-0.05, 0) is 30.7 Å². The smallest absolute Gasteiger partial charge is 0.325 e. The van der Waals surface area contributed by atoms with Gasteiger partial charge in [0, 0.05) is 31.4 Å². The van der Waals surface area contributed by atoms with E-state index in [1.165, 1.54) is 11.9 Å². The lowest BCUT2D eigenvalue weighted by Gasteiger charge is -2.17. The number of rotatable bonds is 4. The number of carbonyl (C=O) groups is 4. The summed E-state index contributed by atoms with van der Waals surface area (Å²) in [4.78, 5) is 51.0. The summed E-state index contributed by atoms with van der Waals surface area (Å²) in [5.41, 5.74) is 1.34. The van der Waals surface area contributed by atoms with E-state index in [4.69, 9.17) is 0 Å². The zero-order valence-electron chi connectivity index (χ0n) is 13.3. The number of nitrogens with zero attached hydrogens (tertiary/aromatic N) is 3. The zero-order chi connectivity index (χ0) is 17.3. The molecule has 0 bridgehead atoms. The fourth-order valence-electron chi connectivity index (χ4n) is 2.81. The number of amides is 5. The van der Waals surface area contributed by atoms with E-state index in [1.807, 2.05) is 0 Å². The van der Waals surface area contributed by atoms with Crippen LogP contribution in [-0.2, 0) is 14.4 Å². The minimum Gasteiger partial charge on any atom is -0.325 e. The van der Waals surface area contributed by atoms with Crippen LogP contribution in [0.2, 0.25) is 0 Å². The van der Waals surface area contributed by atoms with Crippen molar-refractivity contribution in [3.63, 3.8) is 0 Å². The molecule has 8 heteroatoms. The Bertz CT molecular complexity index is 701. The number of hydrogen-bond donors (Lipinski definition) is 1. The number of imide groups is 1. The van der Waals surface area contributed by atoms with E-state index in [0.717, 1.165) is 17.0 Å². The van der Waals surface area contributed by atoms with E-state index in [9.17, 15) is 19.2 Å². The Hall–Kier alpha value is -2.90. The van der Waals surface area contributed by atoms with Gasteiger partial charge in [-0.25, -0.2) is 4.79 Å². The number of benzene rings is 1. The second-order valence-electron chi connectivity index (χ2n) is 5.86. The third-order valence-corrected chi connectivity index (χ3v) is 4.07. The number of nitrogens with one attached hydrogen (secondary N) is 1. The molecule has 5 amide bonds. The Kier molecular flexibility index (Phi) is 4.20. The van der Waals surface area contributed by atoms with Gasteiger partial charge in [0.05, 0.1) is 0 Å². The van der Waals surface area contributed by atoms with Crippen molar-refractivity contribution < 1.29 is 19.2 Å². The number of hydrogen-bond acceptors (Lipinski definition) is 4. The quantitative estimate of drug-likeness (QED) is 0.821. The lowest BCUT2D eigenvalue weighted by Crippen LogP contribution is -2.38. The van der Waals surface area contributed by atoms with Gasteiger partial charge in [-0.1, -0.05) is 0 Å². The standard InChI is InChI=1S/C16H18N4O4/c1-18-10-15(23)20(16(18)24)9-13(21)17-11-4-6-12(7-5-11)19-8-2-3-14(19)22/h4-7H,2-3,8-10H2,1H3,(H,17,21). The molecular weight excluding hydrogens is 312 g/mol. The van der Waals surface area contributed by atoms with Crippen molar-refractivity contribution in [3.05, 3.63) is 24.3 Å². The maximum Gasteiger partial charge on any atom is 0.327 e. The van der Waals surface area contributed by atoms with Gasteiger partial charge >= 0.3 is 6.03 Å². The van der Waals surface area contributed by atoms with Crippen molar-refractivity contribution in [2.24, 2.45) is 0 Å². The fourth-order valence-corrected chi connectivity index (χ4v) is 2.81. The lowest BCUT2D eigenvalue weighted by atomic mass is 10.2. The van der Waals surface area contributed by atoms with Crippen LogP contribution in [0.3, 0.4) is 0 Å². The largest absolute Gasteiger partial charge is 0.327 e. The number of likely N-dealkylation sites (N-methyl/N-ethyl adjacent to an activating group) is 1. The highest BCUT2D eigenvalue weighted by atomic mass is 16.2. The molecule has 0 saturated carbocycles. The highest BCUT2D eigenvalue weighted by molar-refractivity contribution is 6.06. The third kappa shape index (κ3) is 3.08. The second-order valence-corrected chi connectivity index (χ2v) is 5.86. The monoisotopic (exact) mass is 330 g/mol. The molecule has 2 fully saturated rings. The molecule has 24 heavy (non-hydrogen) atoms. The Morgan fingerprint density at radius 3 is 2.38 bits per heavy atom. The molecule has 2 saturated heterocycles. The predicted molar refractivity (Wildman–Crippen MR) is 86.4 cm³/mol. The third-order valence-electron chi connectivity index (χ3n) is 4.07. The Morgan fingerprint density at radius 2 is 1.83 bits per heavy atom. The van der Waals surface area contributed by atoms with Gasteiger partial charge in [0.25, 0.3) is 5.91 Å². The normalized spacial score (nSPS) is 17.9. The number of anilines is 2. The maximum absolute atomic E-state index is 12.0. The molecule has 8 nitrogen and oxygen atoms in total. The van der Waals surface area contributed by atoms with Gasteiger partial charge < -0.3 is 15.1 Å². The maximum atomic E-state index is 12.0. The molecule has 0 unspecified atom stereocenters. The Morgan fingerprint density at radius 1 is 1.12 bits per heavy atom. The zero-order valence-corrected chi connectivity index (χ0v) is 13.3. The number of urea groups is 1. The first kappa shape index (κ1) is 16.0. The van der Waals surface area contributed by atoms with Gasteiger partial charge in [0.1, 0.15) is 13.1 Å². The summed E-state index contributed by atoms with van der Waals surface area (Å²) in [7, 11) is 1.51. The lowest BCUT2D eigenvalue weighted by molar-refractivity contribution is -0.129. The molecule has 2 aliphatic rings. The summed E-state index contributed by atoms with van der Waals surface area (Å²) >= 11 is 0. The van der Waals surface area contributed by atoms with Crippen molar-refractivity contribution in [3.8, 4) is 0 Å². The van der Waals surface area contributed by atoms with E-state index < -0.39 is 11.9 Å². The molecule has 3 rings (SSSR count). The topological polar surface area (TPSA) is 90.0 Å². The number of carbonyl (C=O) groups excluding carboxylic acids is 4. The van der Waals surface area contributed by atoms with Gasteiger partial charge in [0.15, 0.2) is 0 Å². The van der Waals surface area contributed by atoms with E-state index >= 15 is 0 Å². The van der Waals surface area contributed by atoms with Crippen LogP contribution in [0.25, 0.3) is 0 Å². The summed E-state index contributed by atoms with van der Waals surface area (Å²) in [5, 5.41) is 2.65. The molecule has 1 N–H and O–H groups in total. The summed E-state index contributed by atoms with van der Waals surface area (Å²) < 4.78 is 0. The summed E-state index contributed by atoms with van der Waals surface area (Å²) in [6.07, 6.45) is 1.41. The molecule has 2 aliphatic heterocycles. The highest BCUT2D eigenvalue weighted by Crippen LogP contribution is 2.23. The summed E-state index contributed by atoms with van der Waals surface area (Å²) in [6.45, 7) is 0.385. The summed E-state index contributed by atoms with van der Waals surface area (Å²) in [6, 6.07) is 6.44.